The maximum atomic E-state index is 12.0. The molecule has 0 aliphatic carbocycles. The molecule has 17 heavy (non-hydrogen) atoms. The van der Waals surface area contributed by atoms with Gasteiger partial charge in [-0.25, -0.2) is 0 Å². The number of alkyl halides is 3. The van der Waals surface area contributed by atoms with Crippen LogP contribution in [0.4, 0.5) is 13.2 Å². The minimum atomic E-state index is -4.37. The molecule has 1 aromatic heterocycles. The van der Waals surface area contributed by atoms with Crippen molar-refractivity contribution in [1.82, 2.24) is 10.1 Å². The molecular formula is C10H13F3N2O2. The third-order valence-electron chi connectivity index (χ3n) is 1.85. The van der Waals surface area contributed by atoms with Crippen LogP contribution in [0.25, 0.3) is 0 Å². The van der Waals surface area contributed by atoms with Gasteiger partial charge in [-0.05, 0) is 5.92 Å². The molecule has 0 aliphatic heterocycles. The summed E-state index contributed by atoms with van der Waals surface area (Å²) in [6.07, 6.45) is -5.38. The Hall–Kier alpha value is -1.40. The Morgan fingerprint density at radius 3 is 2.59 bits per heavy atom. The van der Waals surface area contributed by atoms with Gasteiger partial charge in [-0.3, -0.25) is 4.79 Å². The smallest absolute Gasteiger partial charge is 0.339 e. The molecule has 0 unspecified atom stereocenters. The fraction of sp³-hybridized carbons (Fsp3) is 0.700. The first-order chi connectivity index (χ1) is 7.76. The van der Waals surface area contributed by atoms with Gasteiger partial charge in [0.25, 0.3) is 0 Å². The summed E-state index contributed by atoms with van der Waals surface area (Å²) in [7, 11) is 0. The van der Waals surface area contributed by atoms with Crippen LogP contribution in [0.15, 0.2) is 4.52 Å². The minimum absolute atomic E-state index is 0.0603. The molecule has 0 amide bonds. The van der Waals surface area contributed by atoms with Gasteiger partial charge >= 0.3 is 6.18 Å². The van der Waals surface area contributed by atoms with E-state index in [1.54, 1.807) is 0 Å². The zero-order chi connectivity index (χ0) is 13.1. The third-order valence-corrected chi connectivity index (χ3v) is 1.85. The van der Waals surface area contributed by atoms with Crippen molar-refractivity contribution in [2.24, 2.45) is 5.92 Å². The van der Waals surface area contributed by atoms with E-state index < -0.39 is 18.4 Å². The molecular weight excluding hydrogens is 237 g/mol. The van der Waals surface area contributed by atoms with Crippen LogP contribution in [0.1, 0.15) is 32.0 Å². The summed E-state index contributed by atoms with van der Waals surface area (Å²) >= 11 is 0. The molecule has 0 aliphatic rings. The molecule has 0 N–H and O–H groups in total. The van der Waals surface area contributed by atoms with Gasteiger partial charge in [0.15, 0.2) is 5.82 Å². The van der Waals surface area contributed by atoms with E-state index in [0.29, 0.717) is 6.42 Å². The minimum Gasteiger partial charge on any atom is -0.339 e. The number of aromatic nitrogens is 2. The highest BCUT2D eigenvalue weighted by atomic mass is 19.4. The van der Waals surface area contributed by atoms with Crippen molar-refractivity contribution < 1.29 is 22.5 Å². The number of ketones is 1. The van der Waals surface area contributed by atoms with E-state index >= 15 is 0 Å². The molecule has 0 radical (unpaired) electrons. The lowest BCUT2D eigenvalue weighted by Gasteiger charge is -2.00. The predicted octanol–water partition coefficient (Wildman–Crippen LogP) is 2.33. The van der Waals surface area contributed by atoms with Crippen LogP contribution in [0, 0.1) is 5.92 Å². The third kappa shape index (κ3) is 5.46. The molecule has 0 atom stereocenters. The molecule has 0 bridgehead atoms. The SMILES string of the molecule is CC(C)CC(=O)Cc1nc(CC(F)(F)F)no1. The fourth-order valence-electron chi connectivity index (χ4n) is 1.31. The van der Waals surface area contributed by atoms with Crippen LogP contribution in [0.3, 0.4) is 0 Å². The Morgan fingerprint density at radius 2 is 2.06 bits per heavy atom. The zero-order valence-electron chi connectivity index (χ0n) is 9.54. The quantitative estimate of drug-likeness (QED) is 0.804. The Labute approximate surface area is 96.2 Å². The first-order valence-corrected chi connectivity index (χ1v) is 5.16. The second-order valence-corrected chi connectivity index (χ2v) is 4.21. The summed E-state index contributed by atoms with van der Waals surface area (Å²) in [6, 6.07) is 0. The van der Waals surface area contributed by atoms with E-state index in [0.717, 1.165) is 0 Å². The van der Waals surface area contributed by atoms with Gasteiger partial charge in [0, 0.05) is 6.42 Å². The van der Waals surface area contributed by atoms with Crippen LogP contribution >= 0.6 is 0 Å². The predicted molar refractivity (Wildman–Crippen MR) is 52.2 cm³/mol. The lowest BCUT2D eigenvalue weighted by atomic mass is 10.1. The van der Waals surface area contributed by atoms with Crippen LogP contribution < -0.4 is 0 Å². The van der Waals surface area contributed by atoms with E-state index in [-0.39, 0.29) is 24.0 Å². The lowest BCUT2D eigenvalue weighted by molar-refractivity contribution is -0.128. The van der Waals surface area contributed by atoms with Crippen molar-refractivity contribution in [3.05, 3.63) is 11.7 Å². The largest absolute Gasteiger partial charge is 0.396 e. The molecule has 0 spiro atoms. The highest BCUT2D eigenvalue weighted by Crippen LogP contribution is 2.19. The summed E-state index contributed by atoms with van der Waals surface area (Å²) in [5.41, 5.74) is 0. The molecule has 1 aromatic rings. The topological polar surface area (TPSA) is 56.0 Å². The summed E-state index contributed by atoms with van der Waals surface area (Å²) in [6.45, 7) is 3.75. The number of nitrogens with zero attached hydrogens (tertiary/aromatic N) is 2. The summed E-state index contributed by atoms with van der Waals surface area (Å²) in [5.74, 6) is -0.429. The molecule has 1 heterocycles. The number of rotatable bonds is 5. The average Bonchev–Trinajstić information content (AvgIpc) is 2.46. The average molecular weight is 250 g/mol. The Balaban J connectivity index is 2.54. The number of Topliss-reactive ketones (excluding diaryl/α,β-unsaturated/α-hetero) is 1. The monoisotopic (exact) mass is 250 g/mol. The lowest BCUT2D eigenvalue weighted by Crippen LogP contribution is -2.13. The van der Waals surface area contributed by atoms with Gasteiger partial charge in [-0.15, -0.1) is 0 Å². The number of halogens is 3. The van der Waals surface area contributed by atoms with Crippen LogP contribution in [-0.4, -0.2) is 22.1 Å². The van der Waals surface area contributed by atoms with E-state index in [1.165, 1.54) is 0 Å². The Morgan fingerprint density at radius 1 is 1.41 bits per heavy atom. The Bertz CT molecular complexity index is 385. The molecule has 7 heteroatoms. The number of hydrogen-bond acceptors (Lipinski definition) is 4. The van der Waals surface area contributed by atoms with Gasteiger partial charge in [0.2, 0.25) is 5.89 Å². The fourth-order valence-corrected chi connectivity index (χ4v) is 1.31. The summed E-state index contributed by atoms with van der Waals surface area (Å²) in [4.78, 5) is 14.9. The van der Waals surface area contributed by atoms with E-state index in [2.05, 4.69) is 14.7 Å². The van der Waals surface area contributed by atoms with Crippen LogP contribution in [0.2, 0.25) is 0 Å². The highest BCUT2D eigenvalue weighted by molar-refractivity contribution is 5.80. The standard InChI is InChI=1S/C10H13F3N2O2/c1-6(2)3-7(16)4-9-14-8(15-17-9)5-10(11,12)13/h6H,3-5H2,1-2H3. The van der Waals surface area contributed by atoms with Crippen molar-refractivity contribution in [1.29, 1.82) is 0 Å². The van der Waals surface area contributed by atoms with E-state index in [4.69, 9.17) is 0 Å². The van der Waals surface area contributed by atoms with Gasteiger partial charge < -0.3 is 4.52 Å². The van der Waals surface area contributed by atoms with Gasteiger partial charge in [-0.2, -0.15) is 18.2 Å². The van der Waals surface area contributed by atoms with Crippen molar-refractivity contribution in [2.45, 2.75) is 39.3 Å². The number of carbonyl (C=O) groups is 1. The molecule has 0 fully saturated rings. The van der Waals surface area contributed by atoms with Crippen molar-refractivity contribution in [3.63, 3.8) is 0 Å². The number of carbonyl (C=O) groups excluding carboxylic acids is 1. The molecule has 0 saturated heterocycles. The van der Waals surface area contributed by atoms with Crippen molar-refractivity contribution in [3.8, 4) is 0 Å². The van der Waals surface area contributed by atoms with Crippen molar-refractivity contribution in [2.75, 3.05) is 0 Å². The van der Waals surface area contributed by atoms with Crippen LogP contribution in [0.5, 0.6) is 0 Å². The molecule has 0 saturated carbocycles. The molecule has 1 rings (SSSR count). The van der Waals surface area contributed by atoms with E-state index in [1.807, 2.05) is 13.8 Å². The maximum absolute atomic E-state index is 12.0. The highest BCUT2D eigenvalue weighted by Gasteiger charge is 2.30. The van der Waals surface area contributed by atoms with Gasteiger partial charge in [0.1, 0.15) is 12.2 Å². The van der Waals surface area contributed by atoms with Crippen molar-refractivity contribution >= 4 is 5.78 Å². The first kappa shape index (κ1) is 13.7. The molecule has 0 aromatic carbocycles. The number of hydrogen-bond donors (Lipinski definition) is 0. The molecule has 96 valence electrons. The second kappa shape index (κ2) is 5.29. The molecule has 4 nitrogen and oxygen atoms in total. The maximum Gasteiger partial charge on any atom is 0.396 e. The normalized spacial score (nSPS) is 12.1. The first-order valence-electron chi connectivity index (χ1n) is 5.16. The van der Waals surface area contributed by atoms with Gasteiger partial charge in [-0.1, -0.05) is 19.0 Å². The van der Waals surface area contributed by atoms with Crippen LogP contribution in [-0.2, 0) is 17.6 Å². The van der Waals surface area contributed by atoms with E-state index in [9.17, 15) is 18.0 Å². The second-order valence-electron chi connectivity index (χ2n) is 4.21. The van der Waals surface area contributed by atoms with Gasteiger partial charge in [0.05, 0.1) is 6.42 Å². The summed E-state index contributed by atoms with van der Waals surface area (Å²) < 4.78 is 40.6. The summed E-state index contributed by atoms with van der Waals surface area (Å²) in [5, 5.41) is 3.18. The zero-order valence-corrected chi connectivity index (χ0v) is 9.54. The Kier molecular flexibility index (Phi) is 4.25.